The molecule has 1 atom stereocenters. The summed E-state index contributed by atoms with van der Waals surface area (Å²) in [6, 6.07) is 13.3. The zero-order valence-electron chi connectivity index (χ0n) is 18.7. The fourth-order valence-corrected chi connectivity index (χ4v) is 3.41. The standard InChI is InChI=1S/C24H33FN4O2/c1-18-7-8-21(16-23(18)25)19(2)28-24(26-3)27-17-20-5-4-6-22(15-20)31-14-11-29-9-12-30-13-10-29/h4-8,15-16,19H,9-14,17H2,1-3H3,(H2,26,27,28). The van der Waals surface area contributed by atoms with E-state index in [1.165, 1.54) is 0 Å². The number of hydrogen-bond donors (Lipinski definition) is 2. The highest BCUT2D eigenvalue weighted by Gasteiger charge is 2.11. The van der Waals surface area contributed by atoms with Crippen molar-refractivity contribution in [2.45, 2.75) is 26.4 Å². The van der Waals surface area contributed by atoms with Crippen LogP contribution in [-0.2, 0) is 11.3 Å². The lowest BCUT2D eigenvalue weighted by Crippen LogP contribution is -2.38. The van der Waals surface area contributed by atoms with Crippen LogP contribution in [0.4, 0.5) is 4.39 Å². The first kappa shape index (κ1) is 23.0. The molecule has 1 heterocycles. The van der Waals surface area contributed by atoms with E-state index in [9.17, 15) is 4.39 Å². The molecule has 6 nitrogen and oxygen atoms in total. The van der Waals surface area contributed by atoms with Gasteiger partial charge in [0.25, 0.3) is 0 Å². The second-order valence-corrected chi connectivity index (χ2v) is 7.75. The number of ether oxygens (including phenoxy) is 2. The summed E-state index contributed by atoms with van der Waals surface area (Å²) in [5, 5.41) is 6.63. The molecule has 0 bridgehead atoms. The molecule has 1 saturated heterocycles. The lowest BCUT2D eigenvalue weighted by Gasteiger charge is -2.26. The van der Waals surface area contributed by atoms with Crippen molar-refractivity contribution in [1.82, 2.24) is 15.5 Å². The minimum absolute atomic E-state index is 0.0730. The Bertz CT molecular complexity index is 868. The molecule has 0 saturated carbocycles. The van der Waals surface area contributed by atoms with Gasteiger partial charge in [0.15, 0.2) is 5.96 Å². The summed E-state index contributed by atoms with van der Waals surface area (Å²) in [7, 11) is 1.73. The second kappa shape index (κ2) is 11.7. The number of benzene rings is 2. The molecule has 1 aliphatic heterocycles. The van der Waals surface area contributed by atoms with Gasteiger partial charge in [-0.3, -0.25) is 9.89 Å². The van der Waals surface area contributed by atoms with Gasteiger partial charge in [-0.15, -0.1) is 0 Å². The maximum absolute atomic E-state index is 13.9. The predicted octanol–water partition coefficient (Wildman–Crippen LogP) is 3.27. The van der Waals surface area contributed by atoms with E-state index in [2.05, 4.69) is 20.5 Å². The van der Waals surface area contributed by atoms with Gasteiger partial charge in [0, 0.05) is 33.2 Å². The van der Waals surface area contributed by atoms with Crippen LogP contribution in [0.15, 0.2) is 47.5 Å². The van der Waals surface area contributed by atoms with E-state index >= 15 is 0 Å². The maximum atomic E-state index is 13.9. The number of nitrogens with zero attached hydrogens (tertiary/aromatic N) is 2. The number of guanidine groups is 1. The summed E-state index contributed by atoms with van der Waals surface area (Å²) in [5.74, 6) is 1.32. The van der Waals surface area contributed by atoms with Crippen molar-refractivity contribution < 1.29 is 13.9 Å². The number of hydrogen-bond acceptors (Lipinski definition) is 4. The number of nitrogens with one attached hydrogen (secondary N) is 2. The molecule has 2 aromatic carbocycles. The lowest BCUT2D eigenvalue weighted by molar-refractivity contribution is 0.0322. The molecule has 2 N–H and O–H groups in total. The Morgan fingerprint density at radius 2 is 2.03 bits per heavy atom. The first-order valence-corrected chi connectivity index (χ1v) is 10.8. The summed E-state index contributed by atoms with van der Waals surface area (Å²) in [6.45, 7) is 9.44. The van der Waals surface area contributed by atoms with Crippen LogP contribution in [0, 0.1) is 12.7 Å². The third-order valence-corrected chi connectivity index (χ3v) is 5.41. The van der Waals surface area contributed by atoms with E-state index in [0.29, 0.717) is 24.7 Å². The zero-order valence-corrected chi connectivity index (χ0v) is 18.7. The van der Waals surface area contributed by atoms with Crippen molar-refractivity contribution in [2.24, 2.45) is 4.99 Å². The van der Waals surface area contributed by atoms with E-state index in [0.717, 1.165) is 49.7 Å². The quantitative estimate of drug-likeness (QED) is 0.499. The Balaban J connectivity index is 1.47. The first-order chi connectivity index (χ1) is 15.0. The first-order valence-electron chi connectivity index (χ1n) is 10.8. The van der Waals surface area contributed by atoms with E-state index < -0.39 is 0 Å². The number of aryl methyl sites for hydroxylation is 1. The molecule has 1 unspecified atom stereocenters. The Hall–Kier alpha value is -2.64. The predicted molar refractivity (Wildman–Crippen MR) is 122 cm³/mol. The average Bonchev–Trinajstić information content (AvgIpc) is 2.79. The molecular formula is C24H33FN4O2. The Morgan fingerprint density at radius 1 is 1.23 bits per heavy atom. The van der Waals surface area contributed by atoms with Crippen LogP contribution in [-0.4, -0.2) is 57.4 Å². The molecular weight excluding hydrogens is 395 g/mol. The van der Waals surface area contributed by atoms with E-state index in [1.807, 2.05) is 37.3 Å². The monoisotopic (exact) mass is 428 g/mol. The van der Waals surface area contributed by atoms with Gasteiger partial charge in [0.05, 0.1) is 19.3 Å². The SMILES string of the molecule is CN=C(NCc1cccc(OCCN2CCOCC2)c1)NC(C)c1ccc(C)c(F)c1. The molecule has 7 heteroatoms. The minimum Gasteiger partial charge on any atom is -0.492 e. The zero-order chi connectivity index (χ0) is 22.1. The van der Waals surface area contributed by atoms with Gasteiger partial charge in [-0.2, -0.15) is 0 Å². The number of halogens is 1. The topological polar surface area (TPSA) is 58.1 Å². The van der Waals surface area contributed by atoms with Gasteiger partial charge < -0.3 is 20.1 Å². The van der Waals surface area contributed by atoms with Crippen molar-refractivity contribution in [3.63, 3.8) is 0 Å². The second-order valence-electron chi connectivity index (χ2n) is 7.75. The Morgan fingerprint density at radius 3 is 2.77 bits per heavy atom. The van der Waals surface area contributed by atoms with Gasteiger partial charge in [0.2, 0.25) is 0 Å². The van der Waals surface area contributed by atoms with Crippen LogP contribution in [0.1, 0.15) is 29.7 Å². The van der Waals surface area contributed by atoms with Crippen LogP contribution >= 0.6 is 0 Å². The fraction of sp³-hybridized carbons (Fsp3) is 0.458. The molecule has 3 rings (SSSR count). The molecule has 0 aromatic heterocycles. The maximum Gasteiger partial charge on any atom is 0.191 e. The van der Waals surface area contributed by atoms with Crippen molar-refractivity contribution in [2.75, 3.05) is 46.5 Å². The van der Waals surface area contributed by atoms with Crippen LogP contribution in [0.5, 0.6) is 5.75 Å². The molecule has 2 aromatic rings. The van der Waals surface area contributed by atoms with Crippen LogP contribution < -0.4 is 15.4 Å². The Labute approximate surface area is 184 Å². The molecule has 0 amide bonds. The molecule has 0 radical (unpaired) electrons. The summed E-state index contributed by atoms with van der Waals surface area (Å²) in [4.78, 5) is 6.64. The highest BCUT2D eigenvalue weighted by atomic mass is 19.1. The van der Waals surface area contributed by atoms with Crippen LogP contribution in [0.3, 0.4) is 0 Å². The van der Waals surface area contributed by atoms with Crippen molar-refractivity contribution in [3.05, 3.63) is 65.0 Å². The van der Waals surface area contributed by atoms with Crippen molar-refractivity contribution >= 4 is 5.96 Å². The van der Waals surface area contributed by atoms with E-state index in [4.69, 9.17) is 9.47 Å². The van der Waals surface area contributed by atoms with Gasteiger partial charge in [-0.25, -0.2) is 4.39 Å². The third kappa shape index (κ3) is 7.22. The molecule has 0 aliphatic carbocycles. The highest BCUT2D eigenvalue weighted by Crippen LogP contribution is 2.17. The van der Waals surface area contributed by atoms with Crippen molar-refractivity contribution in [3.8, 4) is 5.75 Å². The summed E-state index contributed by atoms with van der Waals surface area (Å²) in [5.41, 5.74) is 2.62. The number of morpholine rings is 1. The van der Waals surface area contributed by atoms with E-state index in [-0.39, 0.29) is 11.9 Å². The molecule has 1 fully saturated rings. The molecule has 168 valence electrons. The van der Waals surface area contributed by atoms with Gasteiger partial charge in [0.1, 0.15) is 18.2 Å². The van der Waals surface area contributed by atoms with Gasteiger partial charge in [-0.05, 0) is 48.7 Å². The third-order valence-electron chi connectivity index (χ3n) is 5.41. The van der Waals surface area contributed by atoms with Gasteiger partial charge >= 0.3 is 0 Å². The largest absolute Gasteiger partial charge is 0.492 e. The van der Waals surface area contributed by atoms with E-state index in [1.54, 1.807) is 26.1 Å². The normalized spacial score (nSPS) is 16.1. The van der Waals surface area contributed by atoms with Gasteiger partial charge in [-0.1, -0.05) is 24.3 Å². The minimum atomic E-state index is -0.195. The molecule has 31 heavy (non-hydrogen) atoms. The Kier molecular flexibility index (Phi) is 8.67. The summed E-state index contributed by atoms with van der Waals surface area (Å²) in [6.07, 6.45) is 0. The number of aliphatic imine (C=N–C) groups is 1. The van der Waals surface area contributed by atoms with Crippen molar-refractivity contribution in [1.29, 1.82) is 0 Å². The average molecular weight is 429 g/mol. The summed E-state index contributed by atoms with van der Waals surface area (Å²) >= 11 is 0. The number of rotatable bonds is 8. The van der Waals surface area contributed by atoms with Crippen LogP contribution in [0.25, 0.3) is 0 Å². The summed E-state index contributed by atoms with van der Waals surface area (Å²) < 4.78 is 25.2. The lowest BCUT2D eigenvalue weighted by atomic mass is 10.1. The fourth-order valence-electron chi connectivity index (χ4n) is 3.41. The molecule has 0 spiro atoms. The smallest absolute Gasteiger partial charge is 0.191 e. The molecule has 1 aliphatic rings. The highest BCUT2D eigenvalue weighted by molar-refractivity contribution is 5.80. The van der Waals surface area contributed by atoms with Crippen LogP contribution in [0.2, 0.25) is 0 Å².